The number of H-pyrrole nitrogens is 1. The van der Waals surface area contributed by atoms with Crippen molar-refractivity contribution in [2.45, 2.75) is 32.6 Å². The van der Waals surface area contributed by atoms with Crippen LogP contribution in [0.3, 0.4) is 0 Å². The summed E-state index contributed by atoms with van der Waals surface area (Å²) in [6.07, 6.45) is 6.89. The molecule has 0 aliphatic rings. The summed E-state index contributed by atoms with van der Waals surface area (Å²) in [6.45, 7) is 0.983. The Bertz CT molecular complexity index is 1030. The van der Waals surface area contributed by atoms with Gasteiger partial charge in [-0.3, -0.25) is 9.59 Å². The van der Waals surface area contributed by atoms with Gasteiger partial charge in [0.1, 0.15) is 5.65 Å². The number of aryl methyl sites for hydroxylation is 2. The summed E-state index contributed by atoms with van der Waals surface area (Å²) in [7, 11) is 0. The first-order chi connectivity index (χ1) is 14.0. The Hall–Kier alpha value is -3.06. The topological polar surface area (TPSA) is 84.1 Å². The maximum Gasteiger partial charge on any atom is 0.303 e. The first-order valence-corrected chi connectivity index (χ1v) is 9.87. The van der Waals surface area contributed by atoms with Gasteiger partial charge in [0.2, 0.25) is 0 Å². The third-order valence-electron chi connectivity index (χ3n) is 4.59. The molecule has 1 aromatic carbocycles. The van der Waals surface area contributed by atoms with Crippen LogP contribution < -0.4 is 5.32 Å². The smallest absolute Gasteiger partial charge is 0.303 e. The highest BCUT2D eigenvalue weighted by molar-refractivity contribution is 7.80. The molecular formula is C22H23N3O3S. The number of hydrogen-bond donors (Lipinski definition) is 2. The molecule has 7 heteroatoms. The third kappa shape index (κ3) is 5.96. The summed E-state index contributed by atoms with van der Waals surface area (Å²) >= 11 is 5.59. The van der Waals surface area contributed by atoms with E-state index in [1.807, 2.05) is 48.8 Å². The number of aromatic nitrogens is 2. The van der Waals surface area contributed by atoms with E-state index in [2.05, 4.69) is 15.3 Å². The molecule has 0 aliphatic carbocycles. The lowest BCUT2D eigenvalue weighted by atomic mass is 10.0. The Labute approximate surface area is 174 Å². The van der Waals surface area contributed by atoms with Gasteiger partial charge in [-0.15, -0.1) is 0 Å². The molecule has 2 heterocycles. The largest absolute Gasteiger partial charge is 0.456 e. The maximum absolute atomic E-state index is 11.9. The molecule has 6 nitrogen and oxygen atoms in total. The van der Waals surface area contributed by atoms with E-state index in [1.165, 1.54) is 12.5 Å². The standard InChI is InChI=1S/C22H23N3O3S/c1-15(26)28-14-21(27)25-20-5-3-2-4-17(20)7-9-18(29)8-6-16-10-12-23-22-19(16)11-13-24-22/h2-5,10-13H,6-9,14H2,1H3,(H,23,24)(H,25,27). The molecule has 3 aromatic rings. The molecule has 0 bridgehead atoms. The van der Waals surface area contributed by atoms with Crippen LogP contribution in [0.4, 0.5) is 5.69 Å². The van der Waals surface area contributed by atoms with Gasteiger partial charge in [0.25, 0.3) is 5.91 Å². The number of amides is 1. The quantitative estimate of drug-likeness (QED) is 0.412. The summed E-state index contributed by atoms with van der Waals surface area (Å²) in [5, 5.41) is 3.93. The number of para-hydroxylation sites is 1. The summed E-state index contributed by atoms with van der Waals surface area (Å²) in [4.78, 5) is 31.2. The fraction of sp³-hybridized carbons (Fsp3) is 0.273. The first kappa shape index (κ1) is 20.7. The highest BCUT2D eigenvalue weighted by Crippen LogP contribution is 2.20. The van der Waals surface area contributed by atoms with Gasteiger partial charge >= 0.3 is 5.97 Å². The van der Waals surface area contributed by atoms with Crippen LogP contribution in [0.5, 0.6) is 0 Å². The number of nitrogens with one attached hydrogen (secondary N) is 2. The number of carbonyl (C=O) groups excluding carboxylic acids is 2. The number of nitrogens with zero attached hydrogens (tertiary/aromatic N) is 1. The number of ether oxygens (including phenoxy) is 1. The van der Waals surface area contributed by atoms with Crippen molar-refractivity contribution < 1.29 is 14.3 Å². The van der Waals surface area contributed by atoms with E-state index in [0.717, 1.165) is 52.8 Å². The maximum atomic E-state index is 11.9. The molecule has 0 saturated carbocycles. The molecule has 0 aliphatic heterocycles. The Kier molecular flexibility index (Phi) is 7.08. The number of aromatic amines is 1. The molecule has 0 saturated heterocycles. The zero-order chi connectivity index (χ0) is 20.6. The number of anilines is 1. The molecule has 150 valence electrons. The Morgan fingerprint density at radius 2 is 1.86 bits per heavy atom. The second kappa shape index (κ2) is 9.93. The number of rotatable bonds is 9. The van der Waals surface area contributed by atoms with Crippen molar-refractivity contribution in [3.8, 4) is 0 Å². The molecule has 3 rings (SSSR count). The summed E-state index contributed by atoms with van der Waals surface area (Å²) in [6, 6.07) is 11.7. The van der Waals surface area contributed by atoms with Crippen LogP contribution in [0.2, 0.25) is 0 Å². The van der Waals surface area contributed by atoms with Crippen molar-refractivity contribution in [3.63, 3.8) is 0 Å². The van der Waals surface area contributed by atoms with E-state index in [1.54, 1.807) is 0 Å². The van der Waals surface area contributed by atoms with Gasteiger partial charge in [-0.1, -0.05) is 30.4 Å². The Morgan fingerprint density at radius 3 is 2.66 bits per heavy atom. The number of carbonyl (C=O) groups is 2. The monoisotopic (exact) mass is 409 g/mol. The fourth-order valence-corrected chi connectivity index (χ4v) is 3.33. The summed E-state index contributed by atoms with van der Waals surface area (Å²) in [5.41, 5.74) is 3.85. The van der Waals surface area contributed by atoms with Gasteiger partial charge in [0, 0.05) is 30.4 Å². The van der Waals surface area contributed by atoms with Gasteiger partial charge in [0.05, 0.1) is 0 Å². The molecule has 2 aromatic heterocycles. The van der Waals surface area contributed by atoms with Crippen molar-refractivity contribution in [1.82, 2.24) is 9.97 Å². The predicted molar refractivity (Wildman–Crippen MR) is 117 cm³/mol. The van der Waals surface area contributed by atoms with E-state index in [9.17, 15) is 9.59 Å². The third-order valence-corrected chi connectivity index (χ3v) is 5.00. The van der Waals surface area contributed by atoms with Crippen LogP contribution in [0.15, 0.2) is 48.8 Å². The molecule has 0 atom stereocenters. The number of fused-ring (bicyclic) bond motifs is 1. The minimum atomic E-state index is -0.482. The SMILES string of the molecule is CC(=O)OCC(=O)Nc1ccccc1CCC(=S)CCc1ccnc2[nH]ccc12. The fourth-order valence-electron chi connectivity index (χ4n) is 3.12. The van der Waals surface area contributed by atoms with Crippen molar-refractivity contribution in [1.29, 1.82) is 0 Å². The van der Waals surface area contributed by atoms with E-state index < -0.39 is 5.97 Å². The molecular weight excluding hydrogens is 386 g/mol. The number of benzene rings is 1. The van der Waals surface area contributed by atoms with Gasteiger partial charge in [-0.25, -0.2) is 4.98 Å². The molecule has 0 spiro atoms. The number of esters is 1. The lowest BCUT2D eigenvalue weighted by Gasteiger charge is -2.12. The minimum absolute atomic E-state index is 0.290. The van der Waals surface area contributed by atoms with Crippen molar-refractivity contribution in [2.24, 2.45) is 0 Å². The van der Waals surface area contributed by atoms with Gasteiger partial charge < -0.3 is 15.0 Å². The first-order valence-electron chi connectivity index (χ1n) is 9.46. The zero-order valence-corrected chi connectivity index (χ0v) is 17.1. The van der Waals surface area contributed by atoms with Crippen molar-refractivity contribution >= 4 is 45.7 Å². The molecule has 2 N–H and O–H groups in total. The molecule has 1 amide bonds. The lowest BCUT2D eigenvalue weighted by Crippen LogP contribution is -2.20. The van der Waals surface area contributed by atoms with Crippen molar-refractivity contribution in [2.75, 3.05) is 11.9 Å². The highest BCUT2D eigenvalue weighted by atomic mass is 32.1. The second-order valence-electron chi connectivity index (χ2n) is 6.73. The van der Waals surface area contributed by atoms with Crippen LogP contribution >= 0.6 is 12.2 Å². The molecule has 0 fully saturated rings. The number of thiocarbonyl (C=S) groups is 1. The van der Waals surface area contributed by atoms with Crippen LogP contribution in [-0.4, -0.2) is 33.3 Å². The number of pyridine rings is 1. The minimum Gasteiger partial charge on any atom is -0.456 e. The Balaban J connectivity index is 1.53. The average Bonchev–Trinajstić information content (AvgIpc) is 3.19. The van der Waals surface area contributed by atoms with Crippen LogP contribution in [0.25, 0.3) is 11.0 Å². The molecule has 29 heavy (non-hydrogen) atoms. The Morgan fingerprint density at radius 1 is 1.10 bits per heavy atom. The molecule has 0 radical (unpaired) electrons. The normalized spacial score (nSPS) is 10.7. The average molecular weight is 410 g/mol. The van der Waals surface area contributed by atoms with Crippen molar-refractivity contribution in [3.05, 3.63) is 59.9 Å². The van der Waals surface area contributed by atoms with Crippen LogP contribution in [0, 0.1) is 0 Å². The number of hydrogen-bond acceptors (Lipinski definition) is 5. The van der Waals surface area contributed by atoms with E-state index in [0.29, 0.717) is 0 Å². The predicted octanol–water partition coefficient (Wildman–Crippen LogP) is 4.00. The zero-order valence-electron chi connectivity index (χ0n) is 16.2. The van der Waals surface area contributed by atoms with E-state index in [4.69, 9.17) is 17.0 Å². The van der Waals surface area contributed by atoms with E-state index >= 15 is 0 Å². The highest BCUT2D eigenvalue weighted by Gasteiger charge is 2.10. The van der Waals surface area contributed by atoms with Crippen LogP contribution in [-0.2, 0) is 27.2 Å². The van der Waals surface area contributed by atoms with Crippen LogP contribution in [0.1, 0.15) is 30.9 Å². The lowest BCUT2D eigenvalue weighted by molar-refractivity contribution is -0.144. The summed E-state index contributed by atoms with van der Waals surface area (Å²) in [5.74, 6) is -0.840. The molecule has 0 unspecified atom stereocenters. The van der Waals surface area contributed by atoms with E-state index in [-0.39, 0.29) is 12.5 Å². The van der Waals surface area contributed by atoms with Gasteiger partial charge in [0.15, 0.2) is 6.61 Å². The summed E-state index contributed by atoms with van der Waals surface area (Å²) < 4.78 is 4.73. The van der Waals surface area contributed by atoms with Gasteiger partial charge in [-0.2, -0.15) is 0 Å². The van der Waals surface area contributed by atoms with Gasteiger partial charge in [-0.05, 0) is 59.9 Å². The second-order valence-corrected chi connectivity index (χ2v) is 7.31.